The predicted octanol–water partition coefficient (Wildman–Crippen LogP) is -1.78. The lowest BCUT2D eigenvalue weighted by atomic mass is 10.0. The van der Waals surface area contributed by atoms with Gasteiger partial charge >= 0.3 is 0 Å². The minimum atomic E-state index is -1.14. The third kappa shape index (κ3) is 1.88. The largest absolute Gasteiger partial charge is 0.394 e. The Kier molecular flexibility index (Phi) is 3.68. The molecule has 12 heavy (non-hydrogen) atoms. The summed E-state index contributed by atoms with van der Waals surface area (Å²) in [4.78, 5) is 0. The lowest BCUT2D eigenvalue weighted by molar-refractivity contribution is -0.231. The van der Waals surface area contributed by atoms with Crippen molar-refractivity contribution in [3.63, 3.8) is 0 Å². The SMILES string of the molecule is OCC1OC(O)[C@@H](I)C(O)C1O. The minimum Gasteiger partial charge on any atom is -0.394 e. The van der Waals surface area contributed by atoms with Crippen LogP contribution in [0.2, 0.25) is 0 Å². The van der Waals surface area contributed by atoms with Gasteiger partial charge in [0.15, 0.2) is 6.29 Å². The van der Waals surface area contributed by atoms with E-state index in [1.807, 2.05) is 0 Å². The molecule has 5 nitrogen and oxygen atoms in total. The Morgan fingerprint density at radius 3 is 2.25 bits per heavy atom. The highest BCUT2D eigenvalue weighted by molar-refractivity contribution is 14.1. The monoisotopic (exact) mass is 290 g/mol. The molecule has 1 aliphatic rings. The smallest absolute Gasteiger partial charge is 0.169 e. The first-order valence-electron chi connectivity index (χ1n) is 3.52. The Morgan fingerprint density at radius 1 is 1.17 bits per heavy atom. The minimum absolute atomic E-state index is 0.418. The number of hydrogen-bond donors (Lipinski definition) is 4. The van der Waals surface area contributed by atoms with Gasteiger partial charge in [-0.25, -0.2) is 0 Å². The molecule has 0 aromatic heterocycles. The Balaban J connectivity index is 2.63. The van der Waals surface area contributed by atoms with E-state index in [2.05, 4.69) is 0 Å². The van der Waals surface area contributed by atoms with Crippen LogP contribution in [0.15, 0.2) is 0 Å². The molecule has 0 amide bonds. The van der Waals surface area contributed by atoms with Gasteiger partial charge in [0.25, 0.3) is 0 Å². The fraction of sp³-hybridized carbons (Fsp3) is 1.00. The molecule has 1 saturated heterocycles. The summed E-state index contributed by atoms with van der Waals surface area (Å²) in [7, 11) is 0. The molecular formula is C6H11IO5. The summed E-state index contributed by atoms with van der Waals surface area (Å²) < 4.78 is 4.25. The molecule has 6 heteroatoms. The Bertz CT molecular complexity index is 150. The second kappa shape index (κ2) is 4.16. The van der Waals surface area contributed by atoms with Crippen LogP contribution in [0.1, 0.15) is 0 Å². The van der Waals surface area contributed by atoms with Gasteiger partial charge < -0.3 is 25.2 Å². The van der Waals surface area contributed by atoms with Crippen molar-refractivity contribution in [1.82, 2.24) is 0 Å². The second-order valence-corrected chi connectivity index (χ2v) is 4.11. The lowest BCUT2D eigenvalue weighted by Gasteiger charge is -2.37. The molecule has 0 spiro atoms. The van der Waals surface area contributed by atoms with Crippen LogP contribution in [0, 0.1) is 0 Å². The Labute approximate surface area is 83.1 Å². The molecule has 1 fully saturated rings. The molecule has 5 atom stereocenters. The maximum atomic E-state index is 9.31. The molecule has 1 aliphatic heterocycles. The summed E-state index contributed by atoms with van der Waals surface area (Å²) >= 11 is 1.78. The molecule has 4 unspecified atom stereocenters. The van der Waals surface area contributed by atoms with Crippen LogP contribution >= 0.6 is 22.6 Å². The Hall–Kier alpha value is 0.530. The van der Waals surface area contributed by atoms with Crippen LogP contribution in [0.3, 0.4) is 0 Å². The molecule has 0 aromatic carbocycles. The fourth-order valence-corrected chi connectivity index (χ4v) is 1.66. The molecule has 4 N–H and O–H groups in total. The van der Waals surface area contributed by atoms with Crippen molar-refractivity contribution in [2.75, 3.05) is 6.61 Å². The Morgan fingerprint density at radius 2 is 1.75 bits per heavy atom. The van der Waals surface area contributed by atoms with Crippen LogP contribution in [-0.4, -0.2) is 55.6 Å². The third-order valence-corrected chi connectivity index (χ3v) is 3.18. The fourth-order valence-electron chi connectivity index (χ4n) is 1.06. The topological polar surface area (TPSA) is 90.2 Å². The van der Waals surface area contributed by atoms with Gasteiger partial charge in [-0.2, -0.15) is 0 Å². The van der Waals surface area contributed by atoms with E-state index in [9.17, 15) is 10.2 Å². The van der Waals surface area contributed by atoms with Crippen LogP contribution in [0.5, 0.6) is 0 Å². The highest BCUT2D eigenvalue weighted by atomic mass is 127. The van der Waals surface area contributed by atoms with Crippen molar-refractivity contribution >= 4 is 22.6 Å². The molecule has 0 aliphatic carbocycles. The molecule has 0 aromatic rings. The van der Waals surface area contributed by atoms with Gasteiger partial charge in [0.1, 0.15) is 12.2 Å². The van der Waals surface area contributed by atoms with Gasteiger partial charge in [-0.3, -0.25) is 0 Å². The van der Waals surface area contributed by atoms with E-state index >= 15 is 0 Å². The summed E-state index contributed by atoms with van der Waals surface area (Å²) in [5.41, 5.74) is 0. The molecule has 72 valence electrons. The molecule has 0 saturated carbocycles. The zero-order valence-electron chi connectivity index (χ0n) is 6.17. The number of halogens is 1. The van der Waals surface area contributed by atoms with E-state index in [4.69, 9.17) is 14.9 Å². The maximum Gasteiger partial charge on any atom is 0.169 e. The van der Waals surface area contributed by atoms with Gasteiger partial charge in [0.05, 0.1) is 16.6 Å². The van der Waals surface area contributed by atoms with Crippen LogP contribution in [-0.2, 0) is 4.74 Å². The van der Waals surface area contributed by atoms with E-state index in [1.54, 1.807) is 22.6 Å². The van der Waals surface area contributed by atoms with Crippen molar-refractivity contribution in [2.24, 2.45) is 0 Å². The van der Waals surface area contributed by atoms with Gasteiger partial charge in [0, 0.05) is 0 Å². The molecule has 0 radical (unpaired) electrons. The van der Waals surface area contributed by atoms with E-state index < -0.39 is 35.1 Å². The highest BCUT2D eigenvalue weighted by Crippen LogP contribution is 2.24. The average Bonchev–Trinajstić information content (AvgIpc) is 2.08. The second-order valence-electron chi connectivity index (χ2n) is 2.67. The first-order valence-corrected chi connectivity index (χ1v) is 4.77. The standard InChI is InChI=1S/C6H11IO5/c7-3-5(10)4(9)2(1-8)12-6(3)11/h2-6,8-11H,1H2/t2?,3-,4?,5?,6?/m0/s1. The van der Waals surface area contributed by atoms with E-state index in [0.717, 1.165) is 0 Å². The zero-order valence-corrected chi connectivity index (χ0v) is 8.33. The summed E-state index contributed by atoms with van der Waals surface area (Å²) in [6.45, 7) is -0.418. The van der Waals surface area contributed by atoms with Gasteiger partial charge in [-0.1, -0.05) is 22.6 Å². The van der Waals surface area contributed by atoms with Gasteiger partial charge in [-0.15, -0.1) is 0 Å². The van der Waals surface area contributed by atoms with Crippen molar-refractivity contribution in [2.45, 2.75) is 28.5 Å². The number of alkyl halides is 1. The van der Waals surface area contributed by atoms with Crippen molar-refractivity contribution in [1.29, 1.82) is 0 Å². The summed E-state index contributed by atoms with van der Waals surface area (Å²) in [5.74, 6) is 0. The van der Waals surface area contributed by atoms with Crippen molar-refractivity contribution in [3.8, 4) is 0 Å². The molecular weight excluding hydrogens is 279 g/mol. The maximum absolute atomic E-state index is 9.31. The predicted molar refractivity (Wildman–Crippen MR) is 47.8 cm³/mol. The normalized spacial score (nSPS) is 49.2. The van der Waals surface area contributed by atoms with Crippen molar-refractivity contribution in [3.05, 3.63) is 0 Å². The summed E-state index contributed by atoms with van der Waals surface area (Å²) in [6, 6.07) is 0. The number of rotatable bonds is 1. The van der Waals surface area contributed by atoms with E-state index in [1.165, 1.54) is 0 Å². The summed E-state index contributed by atoms with van der Waals surface area (Å²) in [6.07, 6.45) is -4.24. The van der Waals surface area contributed by atoms with Crippen LogP contribution in [0.4, 0.5) is 0 Å². The first kappa shape index (κ1) is 10.6. The van der Waals surface area contributed by atoms with Gasteiger partial charge in [0.2, 0.25) is 0 Å². The highest BCUT2D eigenvalue weighted by Gasteiger charge is 2.41. The van der Waals surface area contributed by atoms with Crippen molar-refractivity contribution < 1.29 is 25.2 Å². The molecule has 1 heterocycles. The van der Waals surface area contributed by atoms with Crippen LogP contribution < -0.4 is 0 Å². The number of aliphatic hydroxyl groups is 4. The number of ether oxygens (including phenoxy) is 1. The van der Waals surface area contributed by atoms with Crippen LogP contribution in [0.25, 0.3) is 0 Å². The third-order valence-electron chi connectivity index (χ3n) is 1.82. The number of hydrogen-bond acceptors (Lipinski definition) is 5. The zero-order chi connectivity index (χ0) is 9.30. The van der Waals surface area contributed by atoms with E-state index in [0.29, 0.717) is 0 Å². The molecule has 1 rings (SSSR count). The number of aliphatic hydroxyl groups excluding tert-OH is 4. The average molecular weight is 290 g/mol. The van der Waals surface area contributed by atoms with Gasteiger partial charge in [-0.05, 0) is 0 Å². The van der Waals surface area contributed by atoms with E-state index in [-0.39, 0.29) is 0 Å². The summed E-state index contributed by atoms with van der Waals surface area (Å²) in [5, 5.41) is 36.4. The first-order chi connectivity index (χ1) is 5.57. The quantitative estimate of drug-likeness (QED) is 0.339. The lowest BCUT2D eigenvalue weighted by Crippen LogP contribution is -2.56. The molecule has 0 bridgehead atoms.